The number of aliphatic hydroxyl groups is 1. The summed E-state index contributed by atoms with van der Waals surface area (Å²) in [5, 5.41) is 21.4. The Hall–Kier alpha value is -3.12. The minimum Gasteiger partial charge on any atom is -0.395 e. The third-order valence-electron chi connectivity index (χ3n) is 4.79. The van der Waals surface area contributed by atoms with E-state index in [2.05, 4.69) is 9.82 Å². The van der Waals surface area contributed by atoms with Crippen LogP contribution in [-0.4, -0.2) is 66.2 Å². The summed E-state index contributed by atoms with van der Waals surface area (Å²) in [5.41, 5.74) is 0.303. The summed E-state index contributed by atoms with van der Waals surface area (Å²) in [4.78, 5) is 13.9. The van der Waals surface area contributed by atoms with Gasteiger partial charge < -0.3 is 15.4 Å². The van der Waals surface area contributed by atoms with E-state index in [0.29, 0.717) is 0 Å². The molecule has 1 aliphatic heterocycles. The first-order valence-electron chi connectivity index (χ1n) is 9.28. The molecule has 1 fully saturated rings. The summed E-state index contributed by atoms with van der Waals surface area (Å²) >= 11 is 0. The van der Waals surface area contributed by atoms with Crippen molar-refractivity contribution >= 4 is 21.6 Å². The summed E-state index contributed by atoms with van der Waals surface area (Å²) in [6, 6.07) is 5.62. The molecule has 1 atom stereocenters. The lowest BCUT2D eigenvalue weighted by atomic mass is 9.98. The van der Waals surface area contributed by atoms with Gasteiger partial charge in [0, 0.05) is 30.1 Å². The number of aryl methyl sites for hydroxylation is 1. The number of aliphatic hydroxyl groups excluding tert-OH is 1. The average molecular weight is 453 g/mol. The number of nitrogens with one attached hydrogen (secondary N) is 2. The fourth-order valence-corrected chi connectivity index (χ4v) is 4.01. The van der Waals surface area contributed by atoms with E-state index in [9.17, 15) is 27.1 Å². The van der Waals surface area contributed by atoms with E-state index in [1.807, 2.05) is 0 Å². The normalized spacial score (nSPS) is 16.7. The molecule has 1 saturated heterocycles. The second kappa shape index (κ2) is 9.35. The minimum absolute atomic E-state index is 0.00870. The SMILES string of the molecule is N=C1CN(C(=O)[C@H](CO)c2ccccc2F)C/C1=C/NS(=O)(=O)c1cnn(CCF)c1. The fourth-order valence-electron chi connectivity index (χ4n) is 3.13. The van der Waals surface area contributed by atoms with Gasteiger partial charge in [0.25, 0.3) is 10.0 Å². The summed E-state index contributed by atoms with van der Waals surface area (Å²) < 4.78 is 54.5. The molecule has 1 amide bonds. The van der Waals surface area contributed by atoms with E-state index in [0.717, 1.165) is 17.1 Å². The Morgan fingerprint density at radius 3 is 2.77 bits per heavy atom. The van der Waals surface area contributed by atoms with E-state index < -0.39 is 40.9 Å². The van der Waals surface area contributed by atoms with Gasteiger partial charge in [-0.3, -0.25) is 14.2 Å². The molecule has 1 aromatic heterocycles. The number of rotatable bonds is 8. The maximum absolute atomic E-state index is 14.1. The Morgan fingerprint density at radius 2 is 2.10 bits per heavy atom. The van der Waals surface area contributed by atoms with Crippen molar-refractivity contribution in [1.29, 1.82) is 5.41 Å². The van der Waals surface area contributed by atoms with Crippen LogP contribution >= 0.6 is 0 Å². The predicted molar refractivity (Wildman–Crippen MR) is 107 cm³/mol. The minimum atomic E-state index is -4.00. The molecule has 9 nitrogen and oxygen atoms in total. The summed E-state index contributed by atoms with van der Waals surface area (Å²) in [7, 11) is -4.00. The van der Waals surface area contributed by atoms with E-state index in [4.69, 9.17) is 5.41 Å². The molecule has 3 rings (SSSR count). The van der Waals surface area contributed by atoms with Gasteiger partial charge in [-0.05, 0) is 6.07 Å². The first kappa shape index (κ1) is 22.6. The van der Waals surface area contributed by atoms with Crippen LogP contribution in [0.5, 0.6) is 0 Å². The van der Waals surface area contributed by atoms with Crippen LogP contribution in [0.4, 0.5) is 8.78 Å². The molecule has 0 unspecified atom stereocenters. The van der Waals surface area contributed by atoms with Gasteiger partial charge in [-0.1, -0.05) is 18.2 Å². The molecule has 0 aliphatic carbocycles. The molecule has 2 aromatic rings. The highest BCUT2D eigenvalue weighted by molar-refractivity contribution is 7.89. The molecule has 1 aromatic carbocycles. The van der Waals surface area contributed by atoms with Crippen molar-refractivity contribution in [2.24, 2.45) is 0 Å². The van der Waals surface area contributed by atoms with Crippen molar-refractivity contribution in [2.45, 2.75) is 17.4 Å². The van der Waals surface area contributed by atoms with Crippen LogP contribution in [0.25, 0.3) is 0 Å². The summed E-state index contributed by atoms with van der Waals surface area (Å²) in [6.07, 6.45) is 3.36. The second-order valence-corrected chi connectivity index (χ2v) is 8.56. The fraction of sp³-hybridized carbons (Fsp3) is 0.316. The maximum Gasteiger partial charge on any atom is 0.264 e. The molecule has 2 heterocycles. The molecule has 12 heteroatoms. The molecule has 31 heavy (non-hydrogen) atoms. The molecule has 0 radical (unpaired) electrons. The zero-order chi connectivity index (χ0) is 22.6. The van der Waals surface area contributed by atoms with Crippen LogP contribution < -0.4 is 4.72 Å². The molecule has 0 bridgehead atoms. The van der Waals surface area contributed by atoms with Gasteiger partial charge in [0.15, 0.2) is 0 Å². The number of carbonyl (C=O) groups excluding carboxylic acids is 1. The average Bonchev–Trinajstić information content (AvgIpc) is 3.36. The Labute approximate surface area is 177 Å². The van der Waals surface area contributed by atoms with Crippen LogP contribution in [0.2, 0.25) is 0 Å². The maximum atomic E-state index is 14.1. The lowest BCUT2D eigenvalue weighted by Crippen LogP contribution is -2.35. The molecule has 0 saturated carbocycles. The quantitative estimate of drug-likeness (QED) is 0.545. The number of amides is 1. The lowest BCUT2D eigenvalue weighted by molar-refractivity contribution is -0.132. The predicted octanol–water partition coefficient (Wildman–Crippen LogP) is 0.792. The molecule has 3 N–H and O–H groups in total. The number of likely N-dealkylation sites (tertiary alicyclic amines) is 1. The number of nitrogens with zero attached hydrogens (tertiary/aromatic N) is 3. The highest BCUT2D eigenvalue weighted by atomic mass is 32.2. The van der Waals surface area contributed by atoms with Crippen molar-refractivity contribution in [3.63, 3.8) is 0 Å². The van der Waals surface area contributed by atoms with Gasteiger partial charge in [0.1, 0.15) is 17.4 Å². The van der Waals surface area contributed by atoms with Crippen LogP contribution in [0.3, 0.4) is 0 Å². The summed E-state index contributed by atoms with van der Waals surface area (Å²) in [5.74, 6) is -2.33. The Kier molecular flexibility index (Phi) is 6.81. The number of hydrogen-bond acceptors (Lipinski definition) is 6. The van der Waals surface area contributed by atoms with Gasteiger partial charge in [-0.15, -0.1) is 0 Å². The Balaban J connectivity index is 1.72. The van der Waals surface area contributed by atoms with E-state index in [1.54, 1.807) is 6.07 Å². The van der Waals surface area contributed by atoms with Crippen molar-refractivity contribution in [1.82, 2.24) is 19.4 Å². The van der Waals surface area contributed by atoms with E-state index in [1.165, 1.54) is 29.3 Å². The zero-order valence-corrected chi connectivity index (χ0v) is 17.1. The summed E-state index contributed by atoms with van der Waals surface area (Å²) in [6.45, 7) is -1.57. The number of aromatic nitrogens is 2. The highest BCUT2D eigenvalue weighted by Gasteiger charge is 2.33. The van der Waals surface area contributed by atoms with Crippen LogP contribution in [0.15, 0.2) is 53.3 Å². The van der Waals surface area contributed by atoms with Gasteiger partial charge in [0.2, 0.25) is 5.91 Å². The Morgan fingerprint density at radius 1 is 1.35 bits per heavy atom. The van der Waals surface area contributed by atoms with Crippen molar-refractivity contribution in [3.8, 4) is 0 Å². The molecular weight excluding hydrogens is 432 g/mol. The monoisotopic (exact) mass is 453 g/mol. The van der Waals surface area contributed by atoms with Crippen molar-refractivity contribution < 1.29 is 27.1 Å². The Bertz CT molecular complexity index is 1120. The van der Waals surface area contributed by atoms with Crippen molar-refractivity contribution in [2.75, 3.05) is 26.4 Å². The number of carbonyl (C=O) groups is 1. The third-order valence-corrected chi connectivity index (χ3v) is 6.05. The first-order chi connectivity index (χ1) is 14.8. The van der Waals surface area contributed by atoms with Crippen LogP contribution in [-0.2, 0) is 21.4 Å². The number of hydrogen-bond donors (Lipinski definition) is 3. The largest absolute Gasteiger partial charge is 0.395 e. The lowest BCUT2D eigenvalue weighted by Gasteiger charge is -2.21. The van der Waals surface area contributed by atoms with E-state index >= 15 is 0 Å². The third kappa shape index (κ3) is 4.97. The highest BCUT2D eigenvalue weighted by Crippen LogP contribution is 2.24. The number of benzene rings is 1. The zero-order valence-electron chi connectivity index (χ0n) is 16.3. The number of alkyl halides is 1. The van der Waals surface area contributed by atoms with Gasteiger partial charge in [-0.25, -0.2) is 17.2 Å². The van der Waals surface area contributed by atoms with E-state index in [-0.39, 0.29) is 41.4 Å². The van der Waals surface area contributed by atoms with Gasteiger partial charge >= 0.3 is 0 Å². The molecule has 0 spiro atoms. The smallest absolute Gasteiger partial charge is 0.264 e. The number of sulfonamides is 1. The van der Waals surface area contributed by atoms with Crippen LogP contribution in [0.1, 0.15) is 11.5 Å². The van der Waals surface area contributed by atoms with Crippen LogP contribution in [0, 0.1) is 11.2 Å². The van der Waals surface area contributed by atoms with Crippen molar-refractivity contribution in [3.05, 3.63) is 59.8 Å². The first-order valence-corrected chi connectivity index (χ1v) is 10.8. The molecule has 166 valence electrons. The topological polar surface area (TPSA) is 128 Å². The molecular formula is C19H21F2N5O4S. The number of halogens is 2. The molecule has 1 aliphatic rings. The second-order valence-electron chi connectivity index (χ2n) is 6.85. The standard InChI is InChI=1S/C19H21F2N5O4S/c20-5-6-26-10-14(8-23-26)31(29,30)24-7-13-9-25(11-18(13)22)19(28)16(12-27)15-3-1-2-4-17(15)21/h1-4,7-8,10,16,22,24,27H,5-6,9,11-12H2/b13-7-,22-18?/t16-/m1/s1. The van der Waals surface area contributed by atoms with Gasteiger partial charge in [0.05, 0.1) is 37.5 Å². The van der Waals surface area contributed by atoms with Gasteiger partial charge in [-0.2, -0.15) is 5.10 Å².